The molecule has 3 rings (SSSR count). The second-order valence-electron chi connectivity index (χ2n) is 7.97. The van der Waals surface area contributed by atoms with Gasteiger partial charge in [-0.25, -0.2) is 13.4 Å². The van der Waals surface area contributed by atoms with Crippen LogP contribution < -0.4 is 10.1 Å². The van der Waals surface area contributed by atoms with Crippen LogP contribution in [0.5, 0.6) is 5.75 Å². The van der Waals surface area contributed by atoms with Crippen LogP contribution in [0, 0.1) is 0 Å². The Morgan fingerprint density at radius 2 is 2.03 bits per heavy atom. The van der Waals surface area contributed by atoms with E-state index in [4.69, 9.17) is 27.9 Å². The van der Waals surface area contributed by atoms with E-state index in [1.54, 1.807) is 10.7 Å². The first-order chi connectivity index (χ1) is 15.0. The average molecular weight is 505 g/mol. The Labute approximate surface area is 197 Å². The molecule has 0 aromatic carbocycles. The molecule has 0 aliphatic heterocycles. The number of pyridine rings is 1. The number of aliphatic hydroxyl groups is 1. The summed E-state index contributed by atoms with van der Waals surface area (Å²) in [5, 5.41) is 17.7. The highest BCUT2D eigenvalue weighted by Gasteiger charge is 2.37. The van der Waals surface area contributed by atoms with Gasteiger partial charge in [0.05, 0.1) is 34.2 Å². The maximum absolute atomic E-state index is 12.8. The van der Waals surface area contributed by atoms with Crippen LogP contribution in [-0.4, -0.2) is 65.0 Å². The van der Waals surface area contributed by atoms with E-state index in [0.717, 1.165) is 0 Å². The highest BCUT2D eigenvalue weighted by molar-refractivity contribution is 7.91. The summed E-state index contributed by atoms with van der Waals surface area (Å²) >= 11 is 12.5. The smallest absolute Gasteiger partial charge is 0.273 e. The Bertz CT molecular complexity index is 1110. The molecule has 9 nitrogen and oxygen atoms in total. The van der Waals surface area contributed by atoms with Crippen LogP contribution in [-0.2, 0) is 16.4 Å². The lowest BCUT2D eigenvalue weighted by molar-refractivity contribution is 0.00606. The maximum Gasteiger partial charge on any atom is 0.273 e. The van der Waals surface area contributed by atoms with Gasteiger partial charge in [0, 0.05) is 31.6 Å². The number of amides is 1. The molecule has 2 aromatic rings. The van der Waals surface area contributed by atoms with Crippen molar-refractivity contribution in [2.45, 2.75) is 50.0 Å². The Hall–Kier alpha value is -1.88. The monoisotopic (exact) mass is 504 g/mol. The van der Waals surface area contributed by atoms with Gasteiger partial charge in [0.15, 0.2) is 5.69 Å². The third-order valence-electron chi connectivity index (χ3n) is 5.76. The molecular weight excluding hydrogens is 479 g/mol. The molecule has 2 N–H and O–H groups in total. The molecule has 1 amide bonds. The van der Waals surface area contributed by atoms with Crippen LogP contribution in [0.2, 0.25) is 10.2 Å². The molecule has 0 atom stereocenters. The van der Waals surface area contributed by atoms with Crippen LogP contribution in [0.3, 0.4) is 0 Å². The molecule has 1 fully saturated rings. The molecule has 1 saturated carbocycles. The van der Waals surface area contributed by atoms with Gasteiger partial charge in [0.25, 0.3) is 5.91 Å². The van der Waals surface area contributed by atoms with E-state index >= 15 is 0 Å². The zero-order valence-electron chi connectivity index (χ0n) is 18.1. The number of nitrogens with zero attached hydrogens (tertiary/aromatic N) is 3. The van der Waals surface area contributed by atoms with Crippen molar-refractivity contribution in [3.63, 3.8) is 0 Å². The van der Waals surface area contributed by atoms with E-state index in [9.17, 15) is 18.3 Å². The van der Waals surface area contributed by atoms with Gasteiger partial charge in [0.2, 0.25) is 0 Å². The molecule has 0 spiro atoms. The largest absolute Gasteiger partial charge is 0.496 e. The minimum absolute atomic E-state index is 0.00828. The van der Waals surface area contributed by atoms with Crippen LogP contribution in [0.25, 0.3) is 11.3 Å². The Morgan fingerprint density at radius 3 is 2.59 bits per heavy atom. The molecule has 2 aromatic heterocycles. The van der Waals surface area contributed by atoms with Gasteiger partial charge in [-0.1, -0.05) is 23.2 Å². The summed E-state index contributed by atoms with van der Waals surface area (Å²) in [5.74, 6) is -0.103. The van der Waals surface area contributed by atoms with Crippen molar-refractivity contribution in [1.29, 1.82) is 0 Å². The first-order valence-corrected chi connectivity index (χ1v) is 12.9. The molecule has 0 radical (unpaired) electrons. The molecule has 0 unspecified atom stereocenters. The molecule has 12 heteroatoms. The van der Waals surface area contributed by atoms with E-state index in [-0.39, 0.29) is 35.3 Å². The van der Waals surface area contributed by atoms with Gasteiger partial charge in [-0.2, -0.15) is 5.10 Å². The molecule has 2 heterocycles. The molecule has 32 heavy (non-hydrogen) atoms. The normalized spacial score (nSPS) is 21.4. The summed E-state index contributed by atoms with van der Waals surface area (Å²) in [5.41, 5.74) is -0.169. The molecule has 1 aliphatic rings. The van der Waals surface area contributed by atoms with Crippen molar-refractivity contribution in [3.05, 3.63) is 28.1 Å². The zero-order valence-corrected chi connectivity index (χ0v) is 20.4. The Kier molecular flexibility index (Phi) is 7.38. The van der Waals surface area contributed by atoms with Gasteiger partial charge < -0.3 is 15.2 Å². The van der Waals surface area contributed by atoms with Gasteiger partial charge in [-0.05, 0) is 32.6 Å². The third-order valence-corrected chi connectivity index (χ3v) is 8.01. The molecule has 0 saturated heterocycles. The van der Waals surface area contributed by atoms with E-state index in [1.807, 2.05) is 6.92 Å². The van der Waals surface area contributed by atoms with Crippen molar-refractivity contribution in [2.24, 2.45) is 0 Å². The summed E-state index contributed by atoms with van der Waals surface area (Å²) in [4.78, 5) is 16.9. The van der Waals surface area contributed by atoms with Crippen LogP contribution in [0.4, 0.5) is 0 Å². The fourth-order valence-corrected chi connectivity index (χ4v) is 5.46. The second kappa shape index (κ2) is 9.54. The second-order valence-corrected chi connectivity index (χ2v) is 11.1. The highest BCUT2D eigenvalue weighted by Crippen LogP contribution is 2.37. The van der Waals surface area contributed by atoms with Gasteiger partial charge in [0.1, 0.15) is 20.7 Å². The number of hydrogen-bond donors (Lipinski definition) is 2. The van der Waals surface area contributed by atoms with E-state index in [2.05, 4.69) is 15.4 Å². The van der Waals surface area contributed by atoms with Gasteiger partial charge in [-0.15, -0.1) is 0 Å². The highest BCUT2D eigenvalue weighted by atomic mass is 35.5. The number of aryl methyl sites for hydroxylation is 1. The minimum Gasteiger partial charge on any atom is -0.496 e. The number of ether oxygens (including phenoxy) is 1. The van der Waals surface area contributed by atoms with E-state index in [1.165, 1.54) is 19.6 Å². The number of aromatic nitrogens is 3. The molecular formula is C20H26Cl2N4O5S. The van der Waals surface area contributed by atoms with Crippen LogP contribution in [0.1, 0.15) is 43.1 Å². The van der Waals surface area contributed by atoms with Crippen molar-refractivity contribution in [1.82, 2.24) is 20.1 Å². The standard InChI is InChI=1S/C20H26Cl2N4O5S/c1-4-26-18(13-10-23-15(21)9-14(13)31-2)16(22)17(25-26)19(27)24-11-20(28)7-5-12(6-8-20)32(3,29)30/h9-10,12,28H,4-8,11H2,1-3H3,(H,24,27). The molecule has 176 valence electrons. The number of carbonyl (C=O) groups is 1. The summed E-state index contributed by atoms with van der Waals surface area (Å²) in [6.07, 6.45) is 3.97. The predicted octanol–water partition coefficient (Wildman–Crippen LogP) is 2.73. The molecule has 0 bridgehead atoms. The number of nitrogens with one attached hydrogen (secondary N) is 1. The quantitative estimate of drug-likeness (QED) is 0.555. The fourth-order valence-electron chi connectivity index (χ4n) is 3.89. The lowest BCUT2D eigenvalue weighted by Crippen LogP contribution is -2.47. The van der Waals surface area contributed by atoms with Crippen molar-refractivity contribution < 1.29 is 23.1 Å². The lowest BCUT2D eigenvalue weighted by Gasteiger charge is -2.35. The topological polar surface area (TPSA) is 123 Å². The van der Waals surface area contributed by atoms with Crippen LogP contribution >= 0.6 is 23.2 Å². The van der Waals surface area contributed by atoms with Gasteiger partial charge in [-0.3, -0.25) is 9.48 Å². The Balaban J connectivity index is 1.79. The maximum atomic E-state index is 12.8. The zero-order chi connectivity index (χ0) is 23.7. The van der Waals surface area contributed by atoms with Crippen molar-refractivity contribution in [3.8, 4) is 17.0 Å². The lowest BCUT2D eigenvalue weighted by atomic mass is 9.84. The fraction of sp³-hybridized carbons (Fsp3) is 0.550. The summed E-state index contributed by atoms with van der Waals surface area (Å²) in [6.45, 7) is 2.26. The summed E-state index contributed by atoms with van der Waals surface area (Å²) in [6, 6.07) is 1.54. The van der Waals surface area contributed by atoms with Crippen molar-refractivity contribution >= 4 is 38.9 Å². The number of sulfone groups is 1. The SMILES string of the molecule is CCn1nc(C(=O)NCC2(O)CCC(S(C)(=O)=O)CC2)c(Cl)c1-c1cnc(Cl)cc1OC. The first-order valence-electron chi connectivity index (χ1n) is 10.1. The molecule has 1 aliphatic carbocycles. The van der Waals surface area contributed by atoms with E-state index in [0.29, 0.717) is 36.4 Å². The number of hydrogen-bond acceptors (Lipinski definition) is 7. The predicted molar refractivity (Wildman–Crippen MR) is 122 cm³/mol. The Morgan fingerprint density at radius 1 is 1.38 bits per heavy atom. The number of carbonyl (C=O) groups excluding carboxylic acids is 1. The van der Waals surface area contributed by atoms with Gasteiger partial charge >= 0.3 is 0 Å². The van der Waals surface area contributed by atoms with E-state index < -0.39 is 26.6 Å². The van der Waals surface area contributed by atoms with Crippen LogP contribution in [0.15, 0.2) is 12.3 Å². The summed E-state index contributed by atoms with van der Waals surface area (Å²) < 4.78 is 30.4. The van der Waals surface area contributed by atoms with Crippen molar-refractivity contribution in [2.75, 3.05) is 19.9 Å². The minimum atomic E-state index is -3.15. The third kappa shape index (κ3) is 5.19. The average Bonchev–Trinajstić information content (AvgIpc) is 3.08. The number of halogens is 2. The summed E-state index contributed by atoms with van der Waals surface area (Å²) in [7, 11) is -1.66. The number of rotatable bonds is 7. The first kappa shape index (κ1) is 24.8. The number of methoxy groups -OCH3 is 1.